The van der Waals surface area contributed by atoms with Crippen molar-refractivity contribution in [3.05, 3.63) is 0 Å². The Bertz CT molecular complexity index is 156. The van der Waals surface area contributed by atoms with Crippen molar-refractivity contribution in [2.45, 2.75) is 19.4 Å². The highest BCUT2D eigenvalue weighted by atomic mass is 16.6. The van der Waals surface area contributed by atoms with Gasteiger partial charge in [0.05, 0.1) is 25.9 Å². The fraction of sp³-hybridized carbons (Fsp3) is 0.875. The van der Waals surface area contributed by atoms with Crippen LogP contribution >= 0.6 is 0 Å². The van der Waals surface area contributed by atoms with Crippen molar-refractivity contribution in [2.24, 2.45) is 0 Å². The second-order valence-electron chi connectivity index (χ2n) is 2.92. The van der Waals surface area contributed by atoms with Crippen LogP contribution in [0, 0.1) is 0 Å². The molecule has 12 heavy (non-hydrogen) atoms. The molecule has 1 fully saturated rings. The highest BCUT2D eigenvalue weighted by molar-refractivity contribution is 5.67. The molecule has 0 N–H and O–H groups in total. The van der Waals surface area contributed by atoms with E-state index in [9.17, 15) is 4.79 Å². The van der Waals surface area contributed by atoms with E-state index in [0.717, 1.165) is 6.42 Å². The molecule has 0 saturated carbocycles. The molecular weight excluding hydrogens is 158 g/mol. The van der Waals surface area contributed by atoms with Crippen LogP contribution in [0.15, 0.2) is 0 Å². The normalized spacial score (nSPS) is 16.8. The summed E-state index contributed by atoms with van der Waals surface area (Å²) < 4.78 is 9.90. The van der Waals surface area contributed by atoms with Crippen LogP contribution in [-0.4, -0.2) is 43.9 Å². The summed E-state index contributed by atoms with van der Waals surface area (Å²) in [6, 6.07) is 0.217. The monoisotopic (exact) mass is 173 g/mol. The van der Waals surface area contributed by atoms with Gasteiger partial charge in [0, 0.05) is 7.05 Å². The Labute approximate surface area is 72.4 Å². The van der Waals surface area contributed by atoms with E-state index in [2.05, 4.69) is 0 Å². The smallest absolute Gasteiger partial charge is 0.409 e. The Hall–Kier alpha value is -0.770. The number of nitrogens with zero attached hydrogens (tertiary/aromatic N) is 1. The van der Waals surface area contributed by atoms with Crippen molar-refractivity contribution in [1.29, 1.82) is 0 Å². The zero-order valence-electron chi connectivity index (χ0n) is 7.58. The van der Waals surface area contributed by atoms with Crippen LogP contribution in [0.1, 0.15) is 13.3 Å². The average molecular weight is 173 g/mol. The van der Waals surface area contributed by atoms with E-state index in [1.807, 2.05) is 6.92 Å². The molecular formula is C8H15NO3. The topological polar surface area (TPSA) is 38.8 Å². The molecule has 0 bridgehead atoms. The van der Waals surface area contributed by atoms with Crippen LogP contribution in [0.25, 0.3) is 0 Å². The number of hydrogen-bond acceptors (Lipinski definition) is 3. The largest absolute Gasteiger partial charge is 0.449 e. The minimum absolute atomic E-state index is 0.217. The summed E-state index contributed by atoms with van der Waals surface area (Å²) in [7, 11) is 1.74. The van der Waals surface area contributed by atoms with Gasteiger partial charge in [0.1, 0.15) is 0 Å². The van der Waals surface area contributed by atoms with Crippen molar-refractivity contribution in [3.63, 3.8) is 0 Å². The minimum atomic E-state index is -0.245. The standard InChI is InChI=1S/C8H15NO3/c1-3-4-12-8(10)9(2)7-5-11-6-7/h7H,3-6H2,1-2H3. The van der Waals surface area contributed by atoms with Gasteiger partial charge in [-0.1, -0.05) is 6.92 Å². The van der Waals surface area contributed by atoms with Crippen molar-refractivity contribution in [2.75, 3.05) is 26.9 Å². The molecule has 0 unspecified atom stereocenters. The zero-order chi connectivity index (χ0) is 8.97. The SMILES string of the molecule is CCCOC(=O)N(C)C1COC1. The molecule has 1 heterocycles. The summed E-state index contributed by atoms with van der Waals surface area (Å²) in [6.45, 7) is 3.74. The lowest BCUT2D eigenvalue weighted by Crippen LogP contribution is -2.49. The van der Waals surface area contributed by atoms with Crippen LogP contribution in [0.4, 0.5) is 4.79 Å². The molecule has 70 valence electrons. The Morgan fingerprint density at radius 3 is 2.75 bits per heavy atom. The molecule has 1 saturated heterocycles. The molecule has 0 aliphatic carbocycles. The highest BCUT2D eigenvalue weighted by Crippen LogP contribution is 2.09. The third kappa shape index (κ3) is 2.11. The Balaban J connectivity index is 2.20. The number of carbonyl (C=O) groups is 1. The summed E-state index contributed by atoms with van der Waals surface area (Å²) >= 11 is 0. The number of carbonyl (C=O) groups excluding carboxylic acids is 1. The number of amides is 1. The summed E-state index contributed by atoms with van der Waals surface area (Å²) in [5, 5.41) is 0. The molecule has 1 rings (SSSR count). The van der Waals surface area contributed by atoms with Gasteiger partial charge >= 0.3 is 6.09 Å². The molecule has 0 spiro atoms. The van der Waals surface area contributed by atoms with Crippen molar-refractivity contribution < 1.29 is 14.3 Å². The summed E-state index contributed by atoms with van der Waals surface area (Å²) in [5.74, 6) is 0. The maximum absolute atomic E-state index is 11.2. The highest BCUT2D eigenvalue weighted by Gasteiger charge is 2.27. The van der Waals surface area contributed by atoms with Gasteiger partial charge in [0.15, 0.2) is 0 Å². The molecule has 4 nitrogen and oxygen atoms in total. The first-order chi connectivity index (χ1) is 5.75. The van der Waals surface area contributed by atoms with Crippen LogP contribution in [0.5, 0.6) is 0 Å². The van der Waals surface area contributed by atoms with Gasteiger partial charge in [-0.2, -0.15) is 0 Å². The van der Waals surface area contributed by atoms with Gasteiger partial charge < -0.3 is 14.4 Å². The first-order valence-corrected chi connectivity index (χ1v) is 4.23. The van der Waals surface area contributed by atoms with E-state index in [1.54, 1.807) is 11.9 Å². The Morgan fingerprint density at radius 2 is 2.33 bits per heavy atom. The third-order valence-electron chi connectivity index (χ3n) is 1.89. The van der Waals surface area contributed by atoms with Crippen LogP contribution < -0.4 is 0 Å². The second kappa shape index (κ2) is 4.30. The van der Waals surface area contributed by atoms with Crippen molar-refractivity contribution >= 4 is 6.09 Å². The maximum Gasteiger partial charge on any atom is 0.409 e. The fourth-order valence-corrected chi connectivity index (χ4v) is 0.887. The summed E-state index contributed by atoms with van der Waals surface area (Å²) in [4.78, 5) is 12.8. The van der Waals surface area contributed by atoms with Crippen LogP contribution in [0.2, 0.25) is 0 Å². The number of hydrogen-bond donors (Lipinski definition) is 0. The molecule has 0 aromatic rings. The molecule has 0 atom stereocenters. The van der Waals surface area contributed by atoms with E-state index in [0.29, 0.717) is 19.8 Å². The fourth-order valence-electron chi connectivity index (χ4n) is 0.887. The summed E-state index contributed by atoms with van der Waals surface area (Å²) in [5.41, 5.74) is 0. The average Bonchev–Trinajstić information content (AvgIpc) is 1.96. The van der Waals surface area contributed by atoms with Crippen molar-refractivity contribution in [1.82, 2.24) is 4.90 Å². The first-order valence-electron chi connectivity index (χ1n) is 4.23. The van der Waals surface area contributed by atoms with E-state index < -0.39 is 0 Å². The zero-order valence-corrected chi connectivity index (χ0v) is 7.58. The Morgan fingerprint density at radius 1 is 1.67 bits per heavy atom. The van der Waals surface area contributed by atoms with Crippen LogP contribution in [0.3, 0.4) is 0 Å². The van der Waals surface area contributed by atoms with E-state index in [-0.39, 0.29) is 12.1 Å². The predicted molar refractivity (Wildman–Crippen MR) is 44.0 cm³/mol. The molecule has 1 aliphatic rings. The van der Waals surface area contributed by atoms with Crippen LogP contribution in [-0.2, 0) is 9.47 Å². The maximum atomic E-state index is 11.2. The number of ether oxygens (including phenoxy) is 2. The van der Waals surface area contributed by atoms with Crippen molar-refractivity contribution in [3.8, 4) is 0 Å². The second-order valence-corrected chi connectivity index (χ2v) is 2.92. The molecule has 4 heteroatoms. The Kier molecular flexibility index (Phi) is 3.34. The van der Waals surface area contributed by atoms with E-state index in [1.165, 1.54) is 0 Å². The van der Waals surface area contributed by atoms with Gasteiger partial charge in [0.25, 0.3) is 0 Å². The predicted octanol–water partition coefficient (Wildman–Crippen LogP) is 0.864. The lowest BCUT2D eigenvalue weighted by atomic mass is 10.2. The third-order valence-corrected chi connectivity index (χ3v) is 1.89. The minimum Gasteiger partial charge on any atom is -0.449 e. The van der Waals surface area contributed by atoms with Gasteiger partial charge in [0.2, 0.25) is 0 Å². The van der Waals surface area contributed by atoms with E-state index in [4.69, 9.17) is 9.47 Å². The molecule has 1 aliphatic heterocycles. The first kappa shape index (κ1) is 9.32. The van der Waals surface area contributed by atoms with Gasteiger partial charge in [-0.15, -0.1) is 0 Å². The number of likely N-dealkylation sites (N-methyl/N-ethyl adjacent to an activating group) is 1. The lowest BCUT2D eigenvalue weighted by molar-refractivity contribution is -0.0522. The van der Waals surface area contributed by atoms with Gasteiger partial charge in [-0.25, -0.2) is 4.79 Å². The van der Waals surface area contributed by atoms with Gasteiger partial charge in [-0.05, 0) is 6.42 Å². The lowest BCUT2D eigenvalue weighted by Gasteiger charge is -2.33. The molecule has 1 amide bonds. The molecule has 0 aromatic heterocycles. The summed E-state index contributed by atoms with van der Waals surface area (Å²) in [6.07, 6.45) is 0.617. The molecule has 0 aromatic carbocycles. The quantitative estimate of drug-likeness (QED) is 0.635. The van der Waals surface area contributed by atoms with Gasteiger partial charge in [-0.3, -0.25) is 0 Å². The molecule has 0 radical (unpaired) electrons. The number of rotatable bonds is 3. The van der Waals surface area contributed by atoms with E-state index >= 15 is 0 Å².